The van der Waals surface area contributed by atoms with E-state index >= 15 is 0 Å². The molecule has 0 amide bonds. The van der Waals surface area contributed by atoms with Crippen molar-refractivity contribution in [3.05, 3.63) is 134 Å². The zero-order valence-corrected chi connectivity index (χ0v) is 26.6. The van der Waals surface area contributed by atoms with Gasteiger partial charge >= 0.3 is 11.9 Å². The molecule has 4 rings (SSSR count). The summed E-state index contributed by atoms with van der Waals surface area (Å²) in [7, 11) is 2.00. The van der Waals surface area contributed by atoms with Crippen LogP contribution in [-0.4, -0.2) is 52.1 Å². The first-order valence-corrected chi connectivity index (χ1v) is 15.0. The molecule has 0 radical (unpaired) electrons. The van der Waals surface area contributed by atoms with Crippen molar-refractivity contribution in [1.82, 2.24) is 10.2 Å². The minimum absolute atomic E-state index is 0.0658. The number of carboxylic acids is 1. The Morgan fingerprint density at radius 2 is 1.51 bits per heavy atom. The zero-order valence-electron chi connectivity index (χ0n) is 26.6. The molecular weight excluding hydrogens is 570 g/mol. The number of allylic oxidation sites excluding steroid dienone is 2. The van der Waals surface area contributed by atoms with E-state index in [4.69, 9.17) is 4.74 Å². The minimum Gasteiger partial charge on any atom is -0.478 e. The van der Waals surface area contributed by atoms with E-state index in [-0.39, 0.29) is 28.8 Å². The van der Waals surface area contributed by atoms with Gasteiger partial charge in [0.15, 0.2) is 0 Å². The van der Waals surface area contributed by atoms with Gasteiger partial charge in [-0.05, 0) is 71.3 Å². The monoisotopic (exact) mass is 611 g/mol. The fraction of sp³-hybridized carbons (Fsp3) is 0.333. The van der Waals surface area contributed by atoms with E-state index in [1.54, 1.807) is 19.9 Å². The van der Waals surface area contributed by atoms with E-state index in [2.05, 4.69) is 34.5 Å². The van der Waals surface area contributed by atoms with Crippen LogP contribution in [0.2, 0.25) is 0 Å². The molecule has 0 saturated heterocycles. The lowest BCUT2D eigenvalue weighted by molar-refractivity contribution is -0.384. The number of nitrogens with zero attached hydrogens (tertiary/aromatic N) is 2. The predicted octanol–water partition coefficient (Wildman–Crippen LogP) is 6.78. The highest BCUT2D eigenvalue weighted by atomic mass is 16.6. The van der Waals surface area contributed by atoms with Crippen molar-refractivity contribution in [1.29, 1.82) is 0 Å². The topological polar surface area (TPSA) is 122 Å². The molecule has 45 heavy (non-hydrogen) atoms. The number of hydrogen-bond donors (Lipinski definition) is 2. The molecule has 1 aliphatic heterocycles. The maximum Gasteiger partial charge on any atom is 0.337 e. The van der Waals surface area contributed by atoms with E-state index in [0.29, 0.717) is 17.0 Å². The SMILES string of the molecule is CC1=C(C(=O)O)C(c2cccc([N+](=O)[O-])c2)C(C(=O)OC(C)(C)C(C)N(C)CCC(c2ccccc2)c2ccccc2)=C(C)N1. The summed E-state index contributed by atoms with van der Waals surface area (Å²) in [6, 6.07) is 26.3. The van der Waals surface area contributed by atoms with Crippen molar-refractivity contribution in [2.24, 2.45) is 0 Å². The van der Waals surface area contributed by atoms with Crippen LogP contribution in [0.15, 0.2) is 107 Å². The quantitative estimate of drug-likeness (QED) is 0.131. The average Bonchev–Trinajstić information content (AvgIpc) is 3.00. The van der Waals surface area contributed by atoms with Crippen LogP contribution >= 0.6 is 0 Å². The molecule has 1 heterocycles. The molecule has 0 spiro atoms. The number of carbonyl (C=O) groups is 2. The molecule has 0 saturated carbocycles. The van der Waals surface area contributed by atoms with Crippen LogP contribution in [0.3, 0.4) is 0 Å². The first-order chi connectivity index (χ1) is 21.3. The molecule has 2 N–H and O–H groups in total. The Kier molecular flexibility index (Phi) is 10.2. The highest BCUT2D eigenvalue weighted by Crippen LogP contribution is 2.40. The summed E-state index contributed by atoms with van der Waals surface area (Å²) < 4.78 is 6.17. The lowest BCUT2D eigenvalue weighted by Gasteiger charge is -2.39. The maximum absolute atomic E-state index is 14.0. The second kappa shape index (κ2) is 13.9. The maximum atomic E-state index is 14.0. The molecule has 0 aliphatic carbocycles. The number of carbonyl (C=O) groups excluding carboxylic acids is 1. The number of nitro groups is 1. The molecule has 0 fully saturated rings. The van der Waals surface area contributed by atoms with Gasteiger partial charge in [-0.1, -0.05) is 72.8 Å². The summed E-state index contributed by atoms with van der Waals surface area (Å²) in [6.07, 6.45) is 0.841. The first-order valence-electron chi connectivity index (χ1n) is 15.0. The van der Waals surface area contributed by atoms with Crippen molar-refractivity contribution in [2.75, 3.05) is 13.6 Å². The van der Waals surface area contributed by atoms with E-state index in [0.717, 1.165) is 13.0 Å². The molecule has 9 heteroatoms. The highest BCUT2D eigenvalue weighted by molar-refractivity contribution is 5.99. The molecule has 3 aromatic carbocycles. The summed E-state index contributed by atoms with van der Waals surface area (Å²) in [6.45, 7) is 9.69. The summed E-state index contributed by atoms with van der Waals surface area (Å²) in [4.78, 5) is 39.6. The number of hydrogen-bond acceptors (Lipinski definition) is 7. The molecule has 3 aromatic rings. The van der Waals surface area contributed by atoms with Gasteiger partial charge in [-0.2, -0.15) is 0 Å². The number of benzene rings is 3. The summed E-state index contributed by atoms with van der Waals surface area (Å²) in [5.41, 5.74) is 2.44. The van der Waals surface area contributed by atoms with Crippen LogP contribution < -0.4 is 5.32 Å². The van der Waals surface area contributed by atoms with Crippen LogP contribution in [0.5, 0.6) is 0 Å². The van der Waals surface area contributed by atoms with Gasteiger partial charge in [0.25, 0.3) is 5.69 Å². The van der Waals surface area contributed by atoms with Crippen molar-refractivity contribution in [2.45, 2.75) is 64.5 Å². The number of carboxylic acid groups (broad SMARTS) is 1. The van der Waals surface area contributed by atoms with Gasteiger partial charge in [-0.15, -0.1) is 0 Å². The van der Waals surface area contributed by atoms with Crippen molar-refractivity contribution < 1.29 is 24.4 Å². The second-order valence-electron chi connectivity index (χ2n) is 12.1. The Bertz CT molecular complexity index is 1570. The van der Waals surface area contributed by atoms with E-state index in [1.165, 1.54) is 29.3 Å². The predicted molar refractivity (Wildman–Crippen MR) is 174 cm³/mol. The van der Waals surface area contributed by atoms with Gasteiger partial charge in [0.2, 0.25) is 0 Å². The Hall–Kier alpha value is -4.76. The van der Waals surface area contributed by atoms with Crippen molar-refractivity contribution >= 4 is 17.6 Å². The summed E-state index contributed by atoms with van der Waals surface area (Å²) in [5.74, 6) is -2.78. The highest BCUT2D eigenvalue weighted by Gasteiger charge is 2.41. The Labute approximate surface area is 264 Å². The van der Waals surface area contributed by atoms with Gasteiger partial charge in [-0.3, -0.25) is 15.0 Å². The van der Waals surface area contributed by atoms with Crippen molar-refractivity contribution in [3.63, 3.8) is 0 Å². The lowest BCUT2D eigenvalue weighted by atomic mass is 9.80. The van der Waals surface area contributed by atoms with E-state index in [9.17, 15) is 24.8 Å². The number of ether oxygens (including phenoxy) is 1. The fourth-order valence-electron chi connectivity index (χ4n) is 6.03. The number of dihydropyridines is 1. The number of likely N-dealkylation sites (N-methyl/N-ethyl adjacent to an activating group) is 1. The van der Waals surface area contributed by atoms with Crippen LogP contribution in [-0.2, 0) is 14.3 Å². The van der Waals surface area contributed by atoms with Gasteiger partial charge in [-0.25, -0.2) is 9.59 Å². The van der Waals surface area contributed by atoms with E-state index < -0.39 is 28.4 Å². The normalized spacial score (nSPS) is 16.0. The molecular formula is C36H41N3O6. The number of nitro benzene ring substituents is 1. The molecule has 2 atom stereocenters. The fourth-order valence-corrected chi connectivity index (χ4v) is 6.03. The largest absolute Gasteiger partial charge is 0.478 e. The van der Waals surface area contributed by atoms with Gasteiger partial charge in [0.1, 0.15) is 5.60 Å². The number of rotatable bonds is 12. The average molecular weight is 612 g/mol. The number of non-ortho nitro benzene ring substituents is 1. The standard InChI is InChI=1S/C36H41N3O6/c1-23-31(34(40)41)33(28-18-13-19-29(22-28)39(43)44)32(24(2)37-23)35(42)45-36(4,5)25(3)38(6)21-20-30(26-14-9-7-10-15-26)27-16-11-8-12-17-27/h7-19,22,25,30,33,37H,20-21H2,1-6H3,(H,40,41). The molecule has 2 unspecified atom stereocenters. The zero-order chi connectivity index (χ0) is 32.9. The summed E-state index contributed by atoms with van der Waals surface area (Å²) in [5, 5.41) is 24.7. The second-order valence-corrected chi connectivity index (χ2v) is 12.1. The number of aliphatic carboxylic acids is 1. The van der Waals surface area contributed by atoms with E-state index in [1.807, 2.05) is 64.2 Å². The lowest BCUT2D eigenvalue weighted by Crippen LogP contribution is -2.49. The van der Waals surface area contributed by atoms with Crippen LogP contribution in [0.1, 0.15) is 69.6 Å². The number of esters is 1. The van der Waals surface area contributed by atoms with Crippen LogP contribution in [0.4, 0.5) is 5.69 Å². The molecule has 0 bridgehead atoms. The first kappa shape index (κ1) is 33.1. The van der Waals surface area contributed by atoms with Crippen molar-refractivity contribution in [3.8, 4) is 0 Å². The third-order valence-corrected chi connectivity index (χ3v) is 8.82. The van der Waals surface area contributed by atoms with Gasteiger partial charge in [0.05, 0.1) is 22.0 Å². The Morgan fingerprint density at radius 1 is 0.956 bits per heavy atom. The van der Waals surface area contributed by atoms with Crippen LogP contribution in [0, 0.1) is 10.1 Å². The molecule has 1 aliphatic rings. The third kappa shape index (κ3) is 7.49. The van der Waals surface area contributed by atoms with Gasteiger partial charge in [0, 0.05) is 35.5 Å². The summed E-state index contributed by atoms with van der Waals surface area (Å²) >= 11 is 0. The molecule has 236 valence electrons. The third-order valence-electron chi connectivity index (χ3n) is 8.82. The Balaban J connectivity index is 1.57. The minimum atomic E-state index is -1.23. The molecule has 9 nitrogen and oxygen atoms in total. The Morgan fingerprint density at radius 3 is 2.04 bits per heavy atom. The van der Waals surface area contributed by atoms with Gasteiger partial charge < -0.3 is 15.2 Å². The number of nitrogens with one attached hydrogen (secondary N) is 1. The van der Waals surface area contributed by atoms with Crippen LogP contribution in [0.25, 0.3) is 0 Å². The smallest absolute Gasteiger partial charge is 0.337 e. The molecule has 0 aromatic heterocycles.